The first kappa shape index (κ1) is 28.1. The summed E-state index contributed by atoms with van der Waals surface area (Å²) in [6.07, 6.45) is -4.75. The second kappa shape index (κ2) is 11.5. The normalized spacial score (nSPS) is 11.4. The van der Waals surface area contributed by atoms with Crippen LogP contribution in [-0.2, 0) is 11.0 Å². The molecule has 8 nitrogen and oxygen atoms in total. The molecule has 3 aromatic carbocycles. The third kappa shape index (κ3) is 5.76. The minimum Gasteiger partial charge on any atom is -0.493 e. The highest BCUT2D eigenvalue weighted by Gasteiger charge is 2.34. The Morgan fingerprint density at radius 3 is 2.41 bits per heavy atom. The molecule has 1 aromatic heterocycles. The van der Waals surface area contributed by atoms with Gasteiger partial charge in [-0.2, -0.15) is 13.2 Å². The van der Waals surface area contributed by atoms with Gasteiger partial charge in [0.25, 0.3) is 5.56 Å². The number of carbonyl (C=O) groups is 1. The highest BCUT2D eigenvalue weighted by atomic mass is 35.5. The molecule has 13 heteroatoms. The van der Waals surface area contributed by atoms with Gasteiger partial charge in [0.05, 0.1) is 54.9 Å². The molecule has 4 rings (SSSR count). The lowest BCUT2D eigenvalue weighted by Crippen LogP contribution is -2.25. The van der Waals surface area contributed by atoms with Crippen LogP contribution in [0.4, 0.5) is 18.9 Å². The van der Waals surface area contributed by atoms with Crippen LogP contribution < -0.4 is 25.1 Å². The van der Waals surface area contributed by atoms with Crippen LogP contribution in [0.1, 0.15) is 5.56 Å². The molecule has 1 amide bonds. The van der Waals surface area contributed by atoms with Crippen molar-refractivity contribution in [2.75, 3.05) is 32.4 Å². The molecule has 204 valence electrons. The fraction of sp³-hybridized carbons (Fsp3) is 0.192. The zero-order valence-corrected chi connectivity index (χ0v) is 22.3. The van der Waals surface area contributed by atoms with Gasteiger partial charge in [0.1, 0.15) is 0 Å². The molecule has 0 saturated carbocycles. The van der Waals surface area contributed by atoms with Gasteiger partial charge in [-0.1, -0.05) is 35.5 Å². The van der Waals surface area contributed by atoms with Gasteiger partial charge in [-0.05, 0) is 42.5 Å². The maximum absolute atomic E-state index is 13.9. The molecule has 1 heterocycles. The van der Waals surface area contributed by atoms with Crippen molar-refractivity contribution < 1.29 is 32.2 Å². The van der Waals surface area contributed by atoms with Gasteiger partial charge in [0.15, 0.2) is 16.7 Å². The summed E-state index contributed by atoms with van der Waals surface area (Å²) in [5.41, 5.74) is -1.72. The van der Waals surface area contributed by atoms with E-state index >= 15 is 0 Å². The van der Waals surface area contributed by atoms with Gasteiger partial charge in [-0.3, -0.25) is 14.2 Å². The van der Waals surface area contributed by atoms with E-state index in [0.29, 0.717) is 5.75 Å². The minimum atomic E-state index is -4.75. The molecule has 0 aliphatic carbocycles. The highest BCUT2D eigenvalue weighted by Crippen LogP contribution is 2.42. The average Bonchev–Trinajstić information content (AvgIpc) is 2.91. The second-order valence-corrected chi connectivity index (χ2v) is 9.31. The van der Waals surface area contributed by atoms with Crippen LogP contribution in [0, 0.1) is 0 Å². The molecule has 39 heavy (non-hydrogen) atoms. The molecule has 0 bridgehead atoms. The number of benzene rings is 3. The Bertz CT molecular complexity index is 1610. The van der Waals surface area contributed by atoms with E-state index in [1.807, 2.05) is 0 Å². The lowest BCUT2D eigenvalue weighted by Gasteiger charge is -2.18. The summed E-state index contributed by atoms with van der Waals surface area (Å²) in [6.45, 7) is 0. The third-order valence-corrected chi connectivity index (χ3v) is 6.73. The fourth-order valence-electron chi connectivity index (χ4n) is 3.87. The third-order valence-electron chi connectivity index (χ3n) is 5.56. The van der Waals surface area contributed by atoms with E-state index in [2.05, 4.69) is 10.3 Å². The Kier molecular flexibility index (Phi) is 8.26. The smallest absolute Gasteiger partial charge is 0.418 e. The summed E-state index contributed by atoms with van der Waals surface area (Å²) in [5.74, 6) is 0.0306. The van der Waals surface area contributed by atoms with Gasteiger partial charge in [-0.15, -0.1) is 0 Å². The molecule has 0 unspecified atom stereocenters. The molecular formula is C26H21ClF3N3O5S. The van der Waals surface area contributed by atoms with Crippen LogP contribution in [0.5, 0.6) is 17.2 Å². The number of aromatic nitrogens is 2. The Balaban J connectivity index is 1.74. The average molecular weight is 580 g/mol. The van der Waals surface area contributed by atoms with Crippen LogP contribution >= 0.6 is 23.4 Å². The number of hydrogen-bond donors (Lipinski definition) is 1. The number of thioether (sulfide) groups is 1. The number of hydrogen-bond acceptors (Lipinski definition) is 7. The first-order valence-corrected chi connectivity index (χ1v) is 12.6. The molecule has 0 fully saturated rings. The summed E-state index contributed by atoms with van der Waals surface area (Å²) in [4.78, 5) is 30.8. The predicted molar refractivity (Wildman–Crippen MR) is 143 cm³/mol. The summed E-state index contributed by atoms with van der Waals surface area (Å²) < 4.78 is 58.3. The Hall–Kier alpha value is -3.90. The number of ether oxygens (including phenoxy) is 3. The molecule has 0 saturated heterocycles. The molecule has 4 aromatic rings. The van der Waals surface area contributed by atoms with Crippen molar-refractivity contribution in [3.8, 4) is 22.9 Å². The number of carbonyl (C=O) groups excluding carboxylic acids is 1. The maximum Gasteiger partial charge on any atom is 0.418 e. The SMILES string of the molecule is COc1ccc(NC(=O)CSc2nc3ccc(Cl)cc3c(=O)n2-c2ccccc2C(F)(F)F)c(OC)c1OC. The molecule has 1 N–H and O–H groups in total. The molecule has 0 aliphatic rings. The number of fused-ring (bicyclic) bond motifs is 1. The van der Waals surface area contributed by atoms with Crippen LogP contribution in [0.25, 0.3) is 16.6 Å². The summed E-state index contributed by atoms with van der Waals surface area (Å²) >= 11 is 6.83. The second-order valence-electron chi connectivity index (χ2n) is 7.93. The number of rotatable bonds is 8. The summed E-state index contributed by atoms with van der Waals surface area (Å²) in [7, 11) is 4.26. The number of anilines is 1. The van der Waals surface area contributed by atoms with Gasteiger partial charge in [0, 0.05) is 5.02 Å². The van der Waals surface area contributed by atoms with Gasteiger partial charge >= 0.3 is 6.18 Å². The number of amides is 1. The number of nitrogens with zero attached hydrogens (tertiary/aromatic N) is 2. The van der Waals surface area contributed by atoms with Crippen molar-refractivity contribution in [2.45, 2.75) is 11.3 Å². The van der Waals surface area contributed by atoms with Crippen LogP contribution in [-0.4, -0.2) is 42.5 Å². The van der Waals surface area contributed by atoms with Crippen molar-refractivity contribution in [3.05, 3.63) is 75.5 Å². The Morgan fingerprint density at radius 2 is 1.74 bits per heavy atom. The summed E-state index contributed by atoms with van der Waals surface area (Å²) in [6, 6.07) is 12.1. The van der Waals surface area contributed by atoms with Gasteiger partial charge < -0.3 is 19.5 Å². The van der Waals surface area contributed by atoms with Crippen LogP contribution in [0.2, 0.25) is 5.02 Å². The maximum atomic E-state index is 13.9. The highest BCUT2D eigenvalue weighted by molar-refractivity contribution is 7.99. The number of nitrogens with one attached hydrogen (secondary N) is 1. The minimum absolute atomic E-state index is 0.0309. The van der Waals surface area contributed by atoms with Crippen molar-refractivity contribution >= 4 is 45.9 Å². The quantitative estimate of drug-likeness (QED) is 0.208. The van der Waals surface area contributed by atoms with Crippen molar-refractivity contribution in [3.63, 3.8) is 0 Å². The largest absolute Gasteiger partial charge is 0.493 e. The number of para-hydroxylation sites is 1. The standard InChI is InChI=1S/C26H21ClF3N3O5S/c1-36-20-11-10-18(22(37-2)23(20)38-3)31-21(34)13-39-25-32-17-9-8-14(27)12-15(17)24(35)33(25)19-7-5-4-6-16(19)26(28,29)30/h4-12H,13H2,1-3H3,(H,31,34). The van der Waals surface area contributed by atoms with E-state index in [-0.39, 0.29) is 44.0 Å². The zero-order chi connectivity index (χ0) is 28.3. The first-order chi connectivity index (χ1) is 18.6. The number of methoxy groups -OCH3 is 3. The van der Waals surface area contributed by atoms with Crippen molar-refractivity contribution in [2.24, 2.45) is 0 Å². The van der Waals surface area contributed by atoms with Crippen LogP contribution in [0.15, 0.2) is 64.5 Å². The Morgan fingerprint density at radius 1 is 1.03 bits per heavy atom. The van der Waals surface area contributed by atoms with Gasteiger partial charge in [-0.25, -0.2) is 4.98 Å². The molecule has 0 atom stereocenters. The molecule has 0 spiro atoms. The molecule has 0 radical (unpaired) electrons. The fourth-order valence-corrected chi connectivity index (χ4v) is 4.85. The van der Waals surface area contributed by atoms with E-state index in [4.69, 9.17) is 25.8 Å². The summed E-state index contributed by atoms with van der Waals surface area (Å²) in [5, 5.41) is 2.82. The predicted octanol–water partition coefficient (Wildman–Crippen LogP) is 5.81. The lowest BCUT2D eigenvalue weighted by molar-refractivity contribution is -0.137. The van der Waals surface area contributed by atoms with Crippen molar-refractivity contribution in [1.82, 2.24) is 9.55 Å². The van der Waals surface area contributed by atoms with Crippen LogP contribution in [0.3, 0.4) is 0 Å². The van der Waals surface area contributed by atoms with E-state index in [1.54, 1.807) is 12.1 Å². The zero-order valence-electron chi connectivity index (χ0n) is 20.8. The van der Waals surface area contributed by atoms with E-state index < -0.39 is 28.9 Å². The monoisotopic (exact) mass is 579 g/mol. The Labute approximate surface area is 229 Å². The van der Waals surface area contributed by atoms with Crippen molar-refractivity contribution in [1.29, 1.82) is 0 Å². The number of halogens is 4. The molecular weight excluding hydrogens is 559 g/mol. The van der Waals surface area contributed by atoms with E-state index in [9.17, 15) is 22.8 Å². The molecule has 0 aliphatic heterocycles. The van der Waals surface area contributed by atoms with E-state index in [1.165, 1.54) is 57.7 Å². The lowest BCUT2D eigenvalue weighted by atomic mass is 10.1. The topological polar surface area (TPSA) is 91.7 Å². The first-order valence-electron chi connectivity index (χ1n) is 11.2. The van der Waals surface area contributed by atoms with Gasteiger partial charge in [0.2, 0.25) is 11.7 Å². The number of alkyl halides is 3. The van der Waals surface area contributed by atoms with E-state index in [0.717, 1.165) is 22.4 Å².